The van der Waals surface area contributed by atoms with Crippen LogP contribution < -0.4 is 5.32 Å². The summed E-state index contributed by atoms with van der Waals surface area (Å²) in [5.41, 5.74) is 0. The van der Waals surface area contributed by atoms with Crippen LogP contribution in [0, 0.1) is 0 Å². The van der Waals surface area contributed by atoms with Crippen molar-refractivity contribution in [2.24, 2.45) is 0 Å². The number of aliphatic hydroxyl groups excluding tert-OH is 1. The molecule has 0 bridgehead atoms. The van der Waals surface area contributed by atoms with Crippen LogP contribution >= 0.6 is 11.8 Å². The van der Waals surface area contributed by atoms with Crippen molar-refractivity contribution in [1.29, 1.82) is 0 Å². The molecule has 0 aromatic heterocycles. The average molecular weight is 177 g/mol. The molecule has 1 unspecified atom stereocenters. The number of hydrogen-bond acceptors (Lipinski definition) is 3. The molecule has 11 heavy (non-hydrogen) atoms. The molecule has 0 saturated heterocycles. The lowest BCUT2D eigenvalue weighted by atomic mass is 10.2. The summed E-state index contributed by atoms with van der Waals surface area (Å²) >= 11 is 1.86. The molecule has 2 nitrogen and oxygen atoms in total. The van der Waals surface area contributed by atoms with E-state index in [9.17, 15) is 0 Å². The molecule has 68 valence electrons. The minimum atomic E-state index is -0.230. The zero-order valence-corrected chi connectivity index (χ0v) is 8.45. The van der Waals surface area contributed by atoms with Crippen LogP contribution in [0.1, 0.15) is 20.3 Å². The van der Waals surface area contributed by atoms with Crippen molar-refractivity contribution in [3.63, 3.8) is 0 Å². The fraction of sp³-hybridized carbons (Fsp3) is 1.00. The van der Waals surface area contributed by atoms with Gasteiger partial charge in [-0.05, 0) is 32.3 Å². The molecule has 0 aliphatic heterocycles. The van der Waals surface area contributed by atoms with Crippen LogP contribution in [0.2, 0.25) is 0 Å². The minimum absolute atomic E-state index is 0.230. The van der Waals surface area contributed by atoms with Gasteiger partial charge in [0.15, 0.2) is 0 Å². The summed E-state index contributed by atoms with van der Waals surface area (Å²) in [5, 5.41) is 12.2. The van der Waals surface area contributed by atoms with E-state index in [2.05, 4.69) is 18.5 Å². The predicted octanol–water partition coefficient (Wildman–Crippen LogP) is 1.10. The molecule has 0 aliphatic rings. The fourth-order valence-corrected chi connectivity index (χ4v) is 1.36. The Balaban J connectivity index is 3.15. The highest BCUT2D eigenvalue weighted by Gasteiger charge is 2.01. The Bertz CT molecular complexity index is 88.2. The van der Waals surface area contributed by atoms with E-state index in [1.807, 2.05) is 11.8 Å². The normalized spacial score (nSPS) is 16.4. The summed E-state index contributed by atoms with van der Waals surface area (Å²) in [6, 6.07) is 0.525. The Morgan fingerprint density at radius 1 is 1.45 bits per heavy atom. The molecule has 2 atom stereocenters. The Kier molecular flexibility index (Phi) is 7.12. The molecule has 0 saturated carbocycles. The lowest BCUT2D eigenvalue weighted by molar-refractivity contribution is 0.187. The van der Waals surface area contributed by atoms with Crippen LogP contribution in [0.4, 0.5) is 0 Å². The highest BCUT2D eigenvalue weighted by molar-refractivity contribution is 7.98. The second kappa shape index (κ2) is 6.95. The van der Waals surface area contributed by atoms with Gasteiger partial charge in [-0.15, -0.1) is 0 Å². The molecule has 0 aromatic rings. The Hall–Kier alpha value is 0.270. The topological polar surface area (TPSA) is 32.3 Å². The first kappa shape index (κ1) is 11.3. The third kappa shape index (κ3) is 8.17. The van der Waals surface area contributed by atoms with Crippen LogP contribution in [0.25, 0.3) is 0 Å². The zero-order chi connectivity index (χ0) is 8.69. The smallest absolute Gasteiger partial charge is 0.0636 e. The van der Waals surface area contributed by atoms with Gasteiger partial charge in [0.25, 0.3) is 0 Å². The van der Waals surface area contributed by atoms with Gasteiger partial charge in [-0.1, -0.05) is 0 Å². The highest BCUT2D eigenvalue weighted by atomic mass is 32.2. The summed E-state index contributed by atoms with van der Waals surface area (Å²) in [7, 11) is 0. The molecule has 0 rings (SSSR count). The van der Waals surface area contributed by atoms with Gasteiger partial charge >= 0.3 is 0 Å². The molecule has 2 N–H and O–H groups in total. The van der Waals surface area contributed by atoms with Gasteiger partial charge in [-0.3, -0.25) is 0 Å². The second-order valence-corrected chi connectivity index (χ2v) is 3.93. The second-order valence-electron chi connectivity index (χ2n) is 2.94. The molecule has 0 fully saturated rings. The molecule has 0 spiro atoms. The van der Waals surface area contributed by atoms with E-state index in [-0.39, 0.29) is 6.10 Å². The van der Waals surface area contributed by atoms with E-state index in [0.717, 1.165) is 0 Å². The van der Waals surface area contributed by atoms with E-state index in [1.54, 1.807) is 6.92 Å². The Morgan fingerprint density at radius 2 is 2.09 bits per heavy atom. The molecule has 3 heteroatoms. The summed E-state index contributed by atoms with van der Waals surface area (Å²) in [4.78, 5) is 0. The summed E-state index contributed by atoms with van der Waals surface area (Å²) in [6.45, 7) is 4.66. The van der Waals surface area contributed by atoms with Crippen molar-refractivity contribution in [2.75, 3.05) is 18.6 Å². The SMILES string of the molecule is CSCCC(C)NC[C@H](C)O. The van der Waals surface area contributed by atoms with Gasteiger partial charge in [-0.25, -0.2) is 0 Å². The molecular formula is C8H19NOS. The summed E-state index contributed by atoms with van der Waals surface area (Å²) in [6.07, 6.45) is 3.06. The molecule has 0 heterocycles. The van der Waals surface area contributed by atoms with Gasteiger partial charge in [-0.2, -0.15) is 11.8 Å². The monoisotopic (exact) mass is 177 g/mol. The maximum absolute atomic E-state index is 8.96. The number of hydrogen-bond donors (Lipinski definition) is 2. The molecule has 0 aromatic carbocycles. The van der Waals surface area contributed by atoms with Crippen molar-refractivity contribution in [2.45, 2.75) is 32.4 Å². The number of rotatable bonds is 6. The third-order valence-corrected chi connectivity index (χ3v) is 2.16. The predicted molar refractivity (Wildman–Crippen MR) is 52.1 cm³/mol. The maximum atomic E-state index is 8.96. The number of thioether (sulfide) groups is 1. The quantitative estimate of drug-likeness (QED) is 0.637. The van der Waals surface area contributed by atoms with Gasteiger partial charge in [0.1, 0.15) is 0 Å². The standard InChI is InChI=1S/C8H19NOS/c1-7(4-5-11-3)9-6-8(2)10/h7-10H,4-6H2,1-3H3/t7?,8-/m0/s1. The number of nitrogens with one attached hydrogen (secondary N) is 1. The Morgan fingerprint density at radius 3 is 2.55 bits per heavy atom. The lowest BCUT2D eigenvalue weighted by Gasteiger charge is -2.13. The van der Waals surface area contributed by atoms with E-state index >= 15 is 0 Å². The fourth-order valence-electron chi connectivity index (χ4n) is 0.768. The van der Waals surface area contributed by atoms with E-state index in [1.165, 1.54) is 12.2 Å². The first-order valence-corrected chi connectivity index (χ1v) is 5.46. The van der Waals surface area contributed by atoms with Gasteiger partial charge in [0.2, 0.25) is 0 Å². The van der Waals surface area contributed by atoms with Crippen LogP contribution in [0.3, 0.4) is 0 Å². The maximum Gasteiger partial charge on any atom is 0.0636 e. The Labute approximate surface area is 73.8 Å². The van der Waals surface area contributed by atoms with E-state index < -0.39 is 0 Å². The van der Waals surface area contributed by atoms with Crippen molar-refractivity contribution in [3.8, 4) is 0 Å². The van der Waals surface area contributed by atoms with E-state index in [0.29, 0.717) is 12.6 Å². The minimum Gasteiger partial charge on any atom is -0.392 e. The first-order chi connectivity index (χ1) is 5.16. The van der Waals surface area contributed by atoms with Gasteiger partial charge in [0.05, 0.1) is 6.10 Å². The first-order valence-electron chi connectivity index (χ1n) is 4.07. The summed E-state index contributed by atoms with van der Waals surface area (Å²) < 4.78 is 0. The molecule has 0 radical (unpaired) electrons. The van der Waals surface area contributed by atoms with Crippen molar-refractivity contribution in [1.82, 2.24) is 5.32 Å². The molecule has 0 aliphatic carbocycles. The van der Waals surface area contributed by atoms with Crippen LogP contribution in [0.15, 0.2) is 0 Å². The third-order valence-electron chi connectivity index (χ3n) is 1.52. The van der Waals surface area contributed by atoms with Crippen LogP contribution in [-0.2, 0) is 0 Å². The van der Waals surface area contributed by atoms with Crippen LogP contribution in [-0.4, -0.2) is 35.8 Å². The zero-order valence-electron chi connectivity index (χ0n) is 7.63. The largest absolute Gasteiger partial charge is 0.392 e. The van der Waals surface area contributed by atoms with Gasteiger partial charge in [0, 0.05) is 12.6 Å². The highest BCUT2D eigenvalue weighted by Crippen LogP contribution is 1.99. The van der Waals surface area contributed by atoms with Crippen molar-refractivity contribution < 1.29 is 5.11 Å². The molecular weight excluding hydrogens is 158 g/mol. The van der Waals surface area contributed by atoms with Crippen LogP contribution in [0.5, 0.6) is 0 Å². The lowest BCUT2D eigenvalue weighted by Crippen LogP contribution is -2.32. The average Bonchev–Trinajstić information content (AvgIpc) is 1.97. The summed E-state index contributed by atoms with van der Waals surface area (Å²) in [5.74, 6) is 1.19. The molecule has 0 amide bonds. The number of aliphatic hydroxyl groups is 1. The van der Waals surface area contributed by atoms with Crippen molar-refractivity contribution >= 4 is 11.8 Å². The van der Waals surface area contributed by atoms with E-state index in [4.69, 9.17) is 5.11 Å². The van der Waals surface area contributed by atoms with Gasteiger partial charge < -0.3 is 10.4 Å². The van der Waals surface area contributed by atoms with Crippen molar-refractivity contribution in [3.05, 3.63) is 0 Å².